The number of esters is 2. The molecule has 24 heavy (non-hydrogen) atoms. The molecule has 0 radical (unpaired) electrons. The maximum absolute atomic E-state index is 13.0. The lowest BCUT2D eigenvalue weighted by Crippen LogP contribution is -2.53. The summed E-state index contributed by atoms with van der Waals surface area (Å²) >= 11 is 1.37. The fourth-order valence-electron chi connectivity index (χ4n) is 2.71. The minimum absolute atomic E-state index is 0.277. The topological polar surface area (TPSA) is 77.5 Å². The molecule has 1 fully saturated rings. The number of carbonyl (C=O) groups is 2. The first-order chi connectivity index (χ1) is 11.1. The van der Waals surface area contributed by atoms with E-state index in [1.165, 1.54) is 18.4 Å². The summed E-state index contributed by atoms with van der Waals surface area (Å²) < 4.78 is 10.5. The average Bonchev–Trinajstić information content (AvgIpc) is 2.88. The van der Waals surface area contributed by atoms with E-state index in [1.54, 1.807) is 0 Å². The van der Waals surface area contributed by atoms with Gasteiger partial charge in [0, 0.05) is 17.5 Å². The Morgan fingerprint density at radius 2 is 2.04 bits per heavy atom. The number of nitrogens with one attached hydrogen (secondary N) is 1. The smallest absolute Gasteiger partial charge is 0.357 e. The van der Waals surface area contributed by atoms with E-state index in [-0.39, 0.29) is 11.7 Å². The highest BCUT2D eigenvalue weighted by atomic mass is 32.1. The van der Waals surface area contributed by atoms with E-state index < -0.39 is 17.0 Å². The molecule has 6 nitrogen and oxygen atoms in total. The highest BCUT2D eigenvalue weighted by molar-refractivity contribution is 7.12. The molecular weight excluding hydrogens is 328 g/mol. The molecule has 1 aromatic heterocycles. The third-order valence-electron chi connectivity index (χ3n) is 4.13. The number of hydrogen-bond donors (Lipinski definition) is 1. The van der Waals surface area contributed by atoms with Crippen LogP contribution >= 0.6 is 11.3 Å². The standard InChI is InChI=1S/C17H26N2O4S/c1-10-7-8-17(9-18-10,15(21)23-16(3,4)5)14-19-12(11(2)24-14)13(20)22-6/h10,18H,7-9H2,1-6H3/t10-,17+/m1/s1. The van der Waals surface area contributed by atoms with Gasteiger partial charge in [0.25, 0.3) is 0 Å². The van der Waals surface area contributed by atoms with Crippen molar-refractivity contribution in [2.24, 2.45) is 0 Å². The molecule has 7 heteroatoms. The predicted molar refractivity (Wildman–Crippen MR) is 92.4 cm³/mol. The van der Waals surface area contributed by atoms with Crippen LogP contribution in [0.15, 0.2) is 0 Å². The Hall–Kier alpha value is -1.47. The molecule has 2 heterocycles. The Bertz CT molecular complexity index is 625. The second kappa shape index (κ2) is 6.80. The van der Waals surface area contributed by atoms with Crippen molar-refractivity contribution in [1.82, 2.24) is 10.3 Å². The van der Waals surface area contributed by atoms with Crippen LogP contribution in [0, 0.1) is 6.92 Å². The van der Waals surface area contributed by atoms with Crippen molar-refractivity contribution in [1.29, 1.82) is 0 Å². The molecule has 0 bridgehead atoms. The predicted octanol–water partition coefficient (Wildman–Crippen LogP) is 2.59. The number of piperidine rings is 1. The minimum Gasteiger partial charge on any atom is -0.464 e. The number of rotatable bonds is 3. The van der Waals surface area contributed by atoms with Gasteiger partial charge in [0.15, 0.2) is 5.69 Å². The number of aryl methyl sites for hydroxylation is 1. The minimum atomic E-state index is -0.860. The van der Waals surface area contributed by atoms with Gasteiger partial charge in [-0.15, -0.1) is 11.3 Å². The van der Waals surface area contributed by atoms with E-state index in [2.05, 4.69) is 17.2 Å². The summed E-state index contributed by atoms with van der Waals surface area (Å²) in [6, 6.07) is 0.335. The van der Waals surface area contributed by atoms with Crippen LogP contribution in [-0.2, 0) is 19.7 Å². The van der Waals surface area contributed by atoms with Gasteiger partial charge in [0.05, 0.1) is 7.11 Å². The normalized spacial score (nSPS) is 24.5. The van der Waals surface area contributed by atoms with Crippen molar-refractivity contribution >= 4 is 23.3 Å². The lowest BCUT2D eigenvalue weighted by atomic mass is 9.79. The molecule has 0 unspecified atom stereocenters. The zero-order valence-electron chi connectivity index (χ0n) is 15.2. The van der Waals surface area contributed by atoms with Gasteiger partial charge in [-0.05, 0) is 47.5 Å². The Kier molecular flexibility index (Phi) is 5.34. The number of aromatic nitrogens is 1. The van der Waals surface area contributed by atoms with Gasteiger partial charge in [0.2, 0.25) is 0 Å². The maximum atomic E-state index is 13.0. The van der Waals surface area contributed by atoms with Crippen LogP contribution in [0.2, 0.25) is 0 Å². The van der Waals surface area contributed by atoms with E-state index in [0.29, 0.717) is 24.0 Å². The van der Waals surface area contributed by atoms with Crippen LogP contribution in [0.4, 0.5) is 0 Å². The van der Waals surface area contributed by atoms with E-state index >= 15 is 0 Å². The lowest BCUT2D eigenvalue weighted by molar-refractivity contribution is -0.163. The van der Waals surface area contributed by atoms with Crippen molar-refractivity contribution in [2.75, 3.05) is 13.7 Å². The summed E-state index contributed by atoms with van der Waals surface area (Å²) in [5.74, 6) is -0.772. The summed E-state index contributed by atoms with van der Waals surface area (Å²) in [6.07, 6.45) is 1.48. The molecule has 1 aliphatic rings. The van der Waals surface area contributed by atoms with Crippen LogP contribution in [-0.4, -0.2) is 42.2 Å². The van der Waals surface area contributed by atoms with Gasteiger partial charge < -0.3 is 14.8 Å². The summed E-state index contributed by atoms with van der Waals surface area (Å²) in [4.78, 5) is 30.1. The Labute approximate surface area is 146 Å². The highest BCUT2D eigenvalue weighted by Crippen LogP contribution is 2.38. The zero-order chi connectivity index (χ0) is 18.1. The highest BCUT2D eigenvalue weighted by Gasteiger charge is 2.48. The van der Waals surface area contributed by atoms with Gasteiger partial charge in [0.1, 0.15) is 16.0 Å². The summed E-state index contributed by atoms with van der Waals surface area (Å²) in [5.41, 5.74) is -1.16. The number of thiazole rings is 1. The van der Waals surface area contributed by atoms with Gasteiger partial charge in [-0.1, -0.05) is 0 Å². The molecular formula is C17H26N2O4S. The molecule has 134 valence electrons. The summed E-state index contributed by atoms with van der Waals surface area (Å²) in [7, 11) is 1.33. The molecule has 0 saturated carbocycles. The first kappa shape index (κ1) is 18.9. The molecule has 0 aliphatic carbocycles. The molecule has 2 atom stereocenters. The molecule has 1 N–H and O–H groups in total. The zero-order valence-corrected chi connectivity index (χ0v) is 16.0. The van der Waals surface area contributed by atoms with Crippen LogP contribution in [0.3, 0.4) is 0 Å². The van der Waals surface area contributed by atoms with Crippen molar-refractivity contribution in [3.05, 3.63) is 15.6 Å². The third-order valence-corrected chi connectivity index (χ3v) is 5.31. The quantitative estimate of drug-likeness (QED) is 0.841. The van der Waals surface area contributed by atoms with E-state index in [1.807, 2.05) is 27.7 Å². The number of ether oxygens (including phenoxy) is 2. The van der Waals surface area contributed by atoms with Crippen LogP contribution in [0.25, 0.3) is 0 Å². The fraction of sp³-hybridized carbons (Fsp3) is 0.706. The van der Waals surface area contributed by atoms with Gasteiger partial charge in [-0.3, -0.25) is 4.79 Å². The molecule has 0 amide bonds. The van der Waals surface area contributed by atoms with Crippen LogP contribution in [0.1, 0.15) is 60.9 Å². The Balaban J connectivity index is 2.44. The molecule has 2 rings (SSSR count). The van der Waals surface area contributed by atoms with Crippen LogP contribution < -0.4 is 5.32 Å². The van der Waals surface area contributed by atoms with Gasteiger partial charge in [-0.25, -0.2) is 9.78 Å². The van der Waals surface area contributed by atoms with Crippen molar-refractivity contribution in [3.8, 4) is 0 Å². The van der Waals surface area contributed by atoms with Crippen molar-refractivity contribution < 1.29 is 19.1 Å². The lowest BCUT2D eigenvalue weighted by Gasteiger charge is -2.38. The number of carbonyl (C=O) groups excluding carboxylic acids is 2. The Morgan fingerprint density at radius 1 is 1.38 bits per heavy atom. The molecule has 0 aromatic carbocycles. The Morgan fingerprint density at radius 3 is 2.54 bits per heavy atom. The fourth-order valence-corrected chi connectivity index (χ4v) is 3.81. The average molecular weight is 354 g/mol. The van der Waals surface area contributed by atoms with E-state index in [4.69, 9.17) is 9.47 Å². The number of hydrogen-bond acceptors (Lipinski definition) is 7. The summed E-state index contributed by atoms with van der Waals surface area (Å²) in [5, 5.41) is 3.98. The second-order valence-electron chi connectivity index (χ2n) is 7.32. The van der Waals surface area contributed by atoms with Gasteiger partial charge in [-0.2, -0.15) is 0 Å². The monoisotopic (exact) mass is 354 g/mol. The summed E-state index contributed by atoms with van der Waals surface area (Å²) in [6.45, 7) is 9.91. The van der Waals surface area contributed by atoms with Crippen molar-refractivity contribution in [3.63, 3.8) is 0 Å². The van der Waals surface area contributed by atoms with Crippen LogP contribution in [0.5, 0.6) is 0 Å². The van der Waals surface area contributed by atoms with E-state index in [0.717, 1.165) is 11.3 Å². The third kappa shape index (κ3) is 3.78. The largest absolute Gasteiger partial charge is 0.464 e. The van der Waals surface area contributed by atoms with Gasteiger partial charge >= 0.3 is 11.9 Å². The molecule has 1 aromatic rings. The van der Waals surface area contributed by atoms with Crippen molar-refractivity contribution in [2.45, 2.75) is 64.5 Å². The molecule has 0 spiro atoms. The first-order valence-electron chi connectivity index (χ1n) is 8.12. The first-order valence-corrected chi connectivity index (χ1v) is 8.94. The maximum Gasteiger partial charge on any atom is 0.357 e. The van der Waals surface area contributed by atoms with E-state index in [9.17, 15) is 9.59 Å². The molecule has 1 aliphatic heterocycles. The second-order valence-corrected chi connectivity index (χ2v) is 8.52. The number of methoxy groups -OCH3 is 1. The molecule has 1 saturated heterocycles. The SMILES string of the molecule is COC(=O)c1nc([C@]2(C(=O)OC(C)(C)C)CC[C@@H](C)NC2)sc1C. The number of nitrogens with zero attached hydrogens (tertiary/aromatic N) is 1.